The van der Waals surface area contributed by atoms with Crippen LogP contribution in [0.3, 0.4) is 0 Å². The molecule has 1 N–H and O–H groups in total. The van der Waals surface area contributed by atoms with Crippen molar-refractivity contribution in [2.75, 3.05) is 13.2 Å². The summed E-state index contributed by atoms with van der Waals surface area (Å²) in [5.41, 5.74) is -0.116. The summed E-state index contributed by atoms with van der Waals surface area (Å²) in [6.45, 7) is 11.2. The lowest BCUT2D eigenvalue weighted by atomic mass is 9.79. The highest BCUT2D eigenvalue weighted by molar-refractivity contribution is 5.86. The maximum Gasteiger partial charge on any atom is 0.333 e. The van der Waals surface area contributed by atoms with E-state index >= 15 is 0 Å². The Morgan fingerprint density at radius 2 is 1.82 bits per heavy atom. The van der Waals surface area contributed by atoms with Crippen molar-refractivity contribution >= 4 is 11.9 Å². The highest BCUT2D eigenvalue weighted by Gasteiger charge is 2.34. The monoisotopic (exact) mass is 312 g/mol. The third-order valence-corrected chi connectivity index (χ3v) is 4.02. The molecule has 1 aliphatic carbocycles. The summed E-state index contributed by atoms with van der Waals surface area (Å²) in [6, 6.07) is 0. The van der Waals surface area contributed by atoms with E-state index in [2.05, 4.69) is 6.58 Å². The summed E-state index contributed by atoms with van der Waals surface area (Å²) >= 11 is 0. The SMILES string of the molecule is C=C(C)C(=O)OCC(C)(C)COC(=O)C1CC(O)CCC1C. The van der Waals surface area contributed by atoms with E-state index < -0.39 is 17.5 Å². The minimum atomic E-state index is -0.461. The zero-order chi connectivity index (χ0) is 16.9. The summed E-state index contributed by atoms with van der Waals surface area (Å²) < 4.78 is 10.5. The highest BCUT2D eigenvalue weighted by atomic mass is 16.5. The number of hydrogen-bond acceptors (Lipinski definition) is 5. The molecule has 0 aromatic heterocycles. The first-order chi connectivity index (χ1) is 10.1. The number of aliphatic hydroxyl groups excluding tert-OH is 1. The molecule has 1 fully saturated rings. The van der Waals surface area contributed by atoms with Crippen molar-refractivity contribution in [3.8, 4) is 0 Å². The lowest BCUT2D eigenvalue weighted by Gasteiger charge is -2.31. The van der Waals surface area contributed by atoms with Crippen molar-refractivity contribution in [1.29, 1.82) is 0 Å². The van der Waals surface area contributed by atoms with Gasteiger partial charge in [-0.25, -0.2) is 4.79 Å². The first kappa shape index (κ1) is 18.7. The van der Waals surface area contributed by atoms with E-state index in [4.69, 9.17) is 9.47 Å². The highest BCUT2D eigenvalue weighted by Crippen LogP contribution is 2.31. The number of aliphatic hydroxyl groups is 1. The molecule has 1 aliphatic rings. The molecule has 5 heteroatoms. The number of carbonyl (C=O) groups excluding carboxylic acids is 2. The molecule has 0 spiro atoms. The van der Waals surface area contributed by atoms with Crippen molar-refractivity contribution in [3.05, 3.63) is 12.2 Å². The Morgan fingerprint density at radius 3 is 2.41 bits per heavy atom. The second kappa shape index (κ2) is 7.77. The summed E-state index contributed by atoms with van der Waals surface area (Å²) in [5.74, 6) is -0.744. The summed E-state index contributed by atoms with van der Waals surface area (Å²) in [6.07, 6.45) is 1.62. The second-order valence-electron chi connectivity index (χ2n) is 7.18. The molecule has 0 amide bonds. The zero-order valence-corrected chi connectivity index (χ0v) is 14.1. The van der Waals surface area contributed by atoms with Crippen LogP contribution in [-0.2, 0) is 19.1 Å². The molecule has 0 aromatic carbocycles. The molecular formula is C17H28O5. The molecule has 0 radical (unpaired) electrons. The standard InChI is InChI=1S/C17H28O5/c1-11(2)15(19)21-9-17(4,5)10-22-16(20)14-8-13(18)7-6-12(14)3/h12-14,18H,1,6-10H2,2-5H3. The van der Waals surface area contributed by atoms with Gasteiger partial charge in [-0.1, -0.05) is 27.4 Å². The van der Waals surface area contributed by atoms with Crippen LogP contribution in [0.4, 0.5) is 0 Å². The van der Waals surface area contributed by atoms with Crippen molar-refractivity contribution in [1.82, 2.24) is 0 Å². The Balaban J connectivity index is 2.44. The van der Waals surface area contributed by atoms with Crippen LogP contribution in [0.25, 0.3) is 0 Å². The normalized spacial score (nSPS) is 25.4. The van der Waals surface area contributed by atoms with Crippen LogP contribution in [0.2, 0.25) is 0 Å². The van der Waals surface area contributed by atoms with E-state index in [9.17, 15) is 14.7 Å². The fourth-order valence-corrected chi connectivity index (χ4v) is 2.43. The van der Waals surface area contributed by atoms with Crippen molar-refractivity contribution in [2.45, 2.75) is 53.1 Å². The van der Waals surface area contributed by atoms with E-state index in [0.717, 1.165) is 12.8 Å². The Bertz CT molecular complexity index is 427. The summed E-state index contributed by atoms with van der Waals surface area (Å²) in [7, 11) is 0. The topological polar surface area (TPSA) is 72.8 Å². The molecule has 1 rings (SSSR count). The summed E-state index contributed by atoms with van der Waals surface area (Å²) in [4.78, 5) is 23.6. The third kappa shape index (κ3) is 5.79. The van der Waals surface area contributed by atoms with Crippen LogP contribution in [0.5, 0.6) is 0 Å². The second-order valence-corrected chi connectivity index (χ2v) is 7.18. The van der Waals surface area contributed by atoms with Gasteiger partial charge in [0.15, 0.2) is 0 Å². The maximum atomic E-state index is 12.2. The maximum absolute atomic E-state index is 12.2. The molecule has 1 saturated carbocycles. The average molecular weight is 312 g/mol. The number of ether oxygens (including phenoxy) is 2. The first-order valence-electron chi connectivity index (χ1n) is 7.80. The molecule has 0 bridgehead atoms. The number of rotatable bonds is 6. The van der Waals surface area contributed by atoms with Gasteiger partial charge in [-0.3, -0.25) is 4.79 Å². The molecule has 22 heavy (non-hydrogen) atoms. The zero-order valence-electron chi connectivity index (χ0n) is 14.1. The van der Waals surface area contributed by atoms with E-state index in [-0.39, 0.29) is 31.0 Å². The molecule has 0 saturated heterocycles. The Labute approximate surface area is 132 Å². The van der Waals surface area contributed by atoms with Gasteiger partial charge in [0.25, 0.3) is 0 Å². The molecule has 3 atom stereocenters. The predicted molar refractivity (Wildman–Crippen MR) is 83.0 cm³/mol. The van der Waals surface area contributed by atoms with Crippen molar-refractivity contribution in [2.24, 2.45) is 17.3 Å². The van der Waals surface area contributed by atoms with Crippen LogP contribution < -0.4 is 0 Å². The Hall–Kier alpha value is -1.36. The van der Waals surface area contributed by atoms with Gasteiger partial charge in [-0.05, 0) is 32.1 Å². The number of hydrogen-bond donors (Lipinski definition) is 1. The van der Waals surface area contributed by atoms with Crippen LogP contribution >= 0.6 is 0 Å². The van der Waals surface area contributed by atoms with E-state index in [0.29, 0.717) is 12.0 Å². The lowest BCUT2D eigenvalue weighted by molar-refractivity contribution is -0.158. The van der Waals surface area contributed by atoms with Gasteiger partial charge in [0.05, 0.1) is 25.2 Å². The first-order valence-corrected chi connectivity index (χ1v) is 7.80. The molecule has 126 valence electrons. The van der Waals surface area contributed by atoms with Crippen LogP contribution in [0.1, 0.15) is 47.0 Å². The Kier molecular flexibility index (Phi) is 6.60. The molecule has 0 heterocycles. The smallest absolute Gasteiger partial charge is 0.333 e. The predicted octanol–water partition coefficient (Wildman–Crippen LogP) is 2.47. The molecule has 0 aromatic rings. The summed E-state index contributed by atoms with van der Waals surface area (Å²) in [5, 5.41) is 9.70. The minimum Gasteiger partial charge on any atom is -0.465 e. The average Bonchev–Trinajstić information content (AvgIpc) is 2.44. The number of carbonyl (C=O) groups is 2. The molecule has 3 unspecified atom stereocenters. The fourth-order valence-electron chi connectivity index (χ4n) is 2.43. The molecular weight excluding hydrogens is 284 g/mol. The van der Waals surface area contributed by atoms with Gasteiger partial charge in [0.1, 0.15) is 0 Å². The fraction of sp³-hybridized carbons (Fsp3) is 0.765. The lowest BCUT2D eigenvalue weighted by Crippen LogP contribution is -2.35. The van der Waals surface area contributed by atoms with Crippen LogP contribution in [0.15, 0.2) is 12.2 Å². The largest absolute Gasteiger partial charge is 0.465 e. The third-order valence-electron chi connectivity index (χ3n) is 4.02. The van der Waals surface area contributed by atoms with Gasteiger partial charge in [-0.15, -0.1) is 0 Å². The molecule has 0 aliphatic heterocycles. The van der Waals surface area contributed by atoms with Crippen molar-refractivity contribution in [3.63, 3.8) is 0 Å². The van der Waals surface area contributed by atoms with Crippen LogP contribution in [0, 0.1) is 17.3 Å². The van der Waals surface area contributed by atoms with Gasteiger partial charge in [0, 0.05) is 11.0 Å². The van der Waals surface area contributed by atoms with Crippen molar-refractivity contribution < 1.29 is 24.2 Å². The minimum absolute atomic E-state index is 0.162. The molecule has 5 nitrogen and oxygen atoms in total. The number of esters is 2. The quantitative estimate of drug-likeness (QED) is 0.602. The van der Waals surface area contributed by atoms with E-state index in [1.807, 2.05) is 20.8 Å². The van der Waals surface area contributed by atoms with Crippen LogP contribution in [-0.4, -0.2) is 36.4 Å². The van der Waals surface area contributed by atoms with Gasteiger partial charge in [-0.2, -0.15) is 0 Å². The van der Waals surface area contributed by atoms with E-state index in [1.165, 1.54) is 0 Å². The van der Waals surface area contributed by atoms with Gasteiger partial charge in [0.2, 0.25) is 0 Å². The van der Waals surface area contributed by atoms with Gasteiger partial charge >= 0.3 is 11.9 Å². The van der Waals surface area contributed by atoms with Gasteiger partial charge < -0.3 is 14.6 Å². The van der Waals surface area contributed by atoms with E-state index in [1.54, 1.807) is 6.92 Å². The Morgan fingerprint density at radius 1 is 1.23 bits per heavy atom.